The van der Waals surface area contributed by atoms with E-state index in [0.717, 1.165) is 12.8 Å². The summed E-state index contributed by atoms with van der Waals surface area (Å²) in [5.74, 6) is -1.65. The van der Waals surface area contributed by atoms with Crippen LogP contribution in [0.15, 0.2) is 0 Å². The van der Waals surface area contributed by atoms with Crippen LogP contribution in [0.3, 0.4) is 0 Å². The zero-order valence-electron chi connectivity index (χ0n) is 7.70. The number of hydrogen-bond acceptors (Lipinski definition) is 2. The highest BCUT2D eigenvalue weighted by atomic mass is 19.1. The van der Waals surface area contributed by atoms with Gasteiger partial charge in [0.1, 0.15) is 0 Å². The van der Waals surface area contributed by atoms with Crippen LogP contribution >= 0.6 is 0 Å². The normalized spacial score (nSPS) is 31.2. The van der Waals surface area contributed by atoms with Crippen molar-refractivity contribution < 1.29 is 19.0 Å². The highest BCUT2D eigenvalue weighted by Crippen LogP contribution is 2.29. The number of methoxy groups -OCH3 is 1. The van der Waals surface area contributed by atoms with Gasteiger partial charge in [0.25, 0.3) is 0 Å². The van der Waals surface area contributed by atoms with Crippen LogP contribution < -0.4 is 0 Å². The largest absolute Gasteiger partial charge is 0.479 e. The fraction of sp³-hybridized carbons (Fsp3) is 0.889. The molecule has 0 saturated heterocycles. The smallest absolute Gasteiger partial charge is 0.338 e. The maximum atomic E-state index is 13.0. The molecule has 0 radical (unpaired) electrons. The Morgan fingerprint density at radius 3 is 2.38 bits per heavy atom. The number of hydrogen-bond donors (Lipinski definition) is 1. The molecule has 0 spiro atoms. The van der Waals surface area contributed by atoms with Gasteiger partial charge in [0, 0.05) is 13.0 Å². The number of ether oxygens (including phenoxy) is 1. The third-order valence-corrected chi connectivity index (χ3v) is 2.70. The lowest BCUT2D eigenvalue weighted by Crippen LogP contribution is -2.30. The van der Waals surface area contributed by atoms with Gasteiger partial charge in [0.2, 0.25) is 0 Å². The molecule has 1 saturated carbocycles. The van der Waals surface area contributed by atoms with Crippen molar-refractivity contribution >= 4 is 5.97 Å². The van der Waals surface area contributed by atoms with Crippen LogP contribution in [0.2, 0.25) is 0 Å². The van der Waals surface area contributed by atoms with Gasteiger partial charge >= 0.3 is 5.97 Å². The molecule has 1 rings (SSSR count). The predicted molar refractivity (Wildman–Crippen MR) is 45.3 cm³/mol. The van der Waals surface area contributed by atoms with Gasteiger partial charge in [-0.1, -0.05) is 0 Å². The Kier molecular flexibility index (Phi) is 3.66. The van der Waals surface area contributed by atoms with Crippen molar-refractivity contribution in [3.05, 3.63) is 0 Å². The summed E-state index contributed by atoms with van der Waals surface area (Å²) < 4.78 is 18.1. The minimum Gasteiger partial charge on any atom is -0.479 e. The molecule has 0 aromatic heterocycles. The van der Waals surface area contributed by atoms with Gasteiger partial charge in [-0.3, -0.25) is 0 Å². The number of carbonyl (C=O) groups is 1. The van der Waals surface area contributed by atoms with E-state index >= 15 is 0 Å². The van der Waals surface area contributed by atoms with Crippen molar-refractivity contribution in [2.75, 3.05) is 7.11 Å². The second-order valence-corrected chi connectivity index (χ2v) is 3.51. The predicted octanol–water partition coefficient (Wildman–Crippen LogP) is 1.61. The number of alkyl halides is 1. The van der Waals surface area contributed by atoms with Gasteiger partial charge in [-0.2, -0.15) is 0 Å². The lowest BCUT2D eigenvalue weighted by molar-refractivity contribution is -0.145. The fourth-order valence-electron chi connectivity index (χ4n) is 1.82. The molecule has 0 heterocycles. The van der Waals surface area contributed by atoms with Crippen LogP contribution in [0.4, 0.5) is 4.39 Å². The second-order valence-electron chi connectivity index (χ2n) is 3.51. The summed E-state index contributed by atoms with van der Waals surface area (Å²) in [6.45, 7) is 0. The first-order chi connectivity index (χ1) is 6.15. The lowest BCUT2D eigenvalue weighted by Gasteiger charge is -2.27. The molecule has 0 aliphatic heterocycles. The van der Waals surface area contributed by atoms with E-state index in [0.29, 0.717) is 12.8 Å². The Hall–Kier alpha value is -0.640. The van der Waals surface area contributed by atoms with Crippen molar-refractivity contribution in [1.29, 1.82) is 0 Å². The number of carboxylic acids is 1. The van der Waals surface area contributed by atoms with Gasteiger partial charge in [0.15, 0.2) is 6.17 Å². The Balaban J connectivity index is 2.36. The Morgan fingerprint density at radius 2 is 2.00 bits per heavy atom. The van der Waals surface area contributed by atoms with Crippen LogP contribution in [0, 0.1) is 5.92 Å². The fourth-order valence-corrected chi connectivity index (χ4v) is 1.82. The molecule has 0 aromatic rings. The highest BCUT2D eigenvalue weighted by molar-refractivity contribution is 5.72. The summed E-state index contributed by atoms with van der Waals surface area (Å²) in [6.07, 6.45) is 1.27. The molecule has 0 unspecified atom stereocenters. The number of rotatable bonds is 3. The van der Waals surface area contributed by atoms with E-state index in [2.05, 4.69) is 0 Å². The van der Waals surface area contributed by atoms with Gasteiger partial charge < -0.3 is 9.84 Å². The second kappa shape index (κ2) is 4.56. The van der Waals surface area contributed by atoms with E-state index < -0.39 is 12.1 Å². The molecule has 13 heavy (non-hydrogen) atoms. The van der Waals surface area contributed by atoms with Crippen molar-refractivity contribution in [2.45, 2.75) is 38.0 Å². The Morgan fingerprint density at radius 1 is 1.46 bits per heavy atom. The Labute approximate surface area is 76.9 Å². The van der Waals surface area contributed by atoms with Crippen LogP contribution in [0.5, 0.6) is 0 Å². The molecule has 4 heteroatoms. The Bertz CT molecular complexity index is 176. The summed E-state index contributed by atoms with van der Waals surface area (Å²) >= 11 is 0. The first-order valence-electron chi connectivity index (χ1n) is 4.54. The van der Waals surface area contributed by atoms with Gasteiger partial charge in [-0.25, -0.2) is 9.18 Å². The average Bonchev–Trinajstić information content (AvgIpc) is 2.17. The minimum atomic E-state index is -1.70. The minimum absolute atomic E-state index is 0.192. The monoisotopic (exact) mass is 190 g/mol. The topological polar surface area (TPSA) is 46.5 Å². The van der Waals surface area contributed by atoms with E-state index in [4.69, 9.17) is 9.84 Å². The molecule has 0 aromatic carbocycles. The maximum absolute atomic E-state index is 13.0. The van der Waals surface area contributed by atoms with Crippen molar-refractivity contribution in [1.82, 2.24) is 0 Å². The van der Waals surface area contributed by atoms with Crippen LogP contribution in [0.25, 0.3) is 0 Å². The molecule has 1 atom stereocenters. The number of aliphatic carboxylic acids is 1. The summed E-state index contributed by atoms with van der Waals surface area (Å²) in [5, 5.41) is 8.45. The zero-order chi connectivity index (χ0) is 9.84. The first kappa shape index (κ1) is 10.4. The standard InChI is InChI=1S/C9H15FO3/c1-13-7-4-2-6(3-5-7)8(10)9(11)12/h6-8H,2-5H2,1H3,(H,11,12)/t6?,7?,8-/m0/s1. The van der Waals surface area contributed by atoms with E-state index in [9.17, 15) is 9.18 Å². The molecule has 3 nitrogen and oxygen atoms in total. The summed E-state index contributed by atoms with van der Waals surface area (Å²) in [6, 6.07) is 0. The van der Waals surface area contributed by atoms with E-state index in [-0.39, 0.29) is 12.0 Å². The quantitative estimate of drug-likeness (QED) is 0.735. The molecule has 1 aliphatic rings. The molecule has 1 N–H and O–H groups in total. The SMILES string of the molecule is COC1CCC([C@H](F)C(=O)O)CC1. The van der Waals surface area contributed by atoms with Gasteiger partial charge in [-0.05, 0) is 25.7 Å². The molecular weight excluding hydrogens is 175 g/mol. The zero-order valence-corrected chi connectivity index (χ0v) is 7.70. The summed E-state index contributed by atoms with van der Waals surface area (Å²) in [4.78, 5) is 10.3. The lowest BCUT2D eigenvalue weighted by atomic mass is 9.84. The van der Waals surface area contributed by atoms with E-state index in [1.54, 1.807) is 7.11 Å². The van der Waals surface area contributed by atoms with Crippen molar-refractivity contribution in [3.8, 4) is 0 Å². The van der Waals surface area contributed by atoms with Crippen LogP contribution in [0.1, 0.15) is 25.7 Å². The molecule has 1 fully saturated rings. The summed E-state index contributed by atoms with van der Waals surface area (Å²) in [7, 11) is 1.63. The molecule has 0 bridgehead atoms. The average molecular weight is 190 g/mol. The molecule has 0 amide bonds. The molecule has 76 valence electrons. The van der Waals surface area contributed by atoms with E-state index in [1.165, 1.54) is 0 Å². The van der Waals surface area contributed by atoms with Crippen LogP contribution in [-0.4, -0.2) is 30.5 Å². The molecule has 1 aliphatic carbocycles. The third-order valence-electron chi connectivity index (χ3n) is 2.70. The molecular formula is C9H15FO3. The highest BCUT2D eigenvalue weighted by Gasteiger charge is 2.31. The number of halogens is 1. The van der Waals surface area contributed by atoms with E-state index in [1.807, 2.05) is 0 Å². The van der Waals surface area contributed by atoms with Gasteiger partial charge in [-0.15, -0.1) is 0 Å². The van der Waals surface area contributed by atoms with Crippen LogP contribution in [-0.2, 0) is 9.53 Å². The van der Waals surface area contributed by atoms with Crippen molar-refractivity contribution in [2.24, 2.45) is 5.92 Å². The maximum Gasteiger partial charge on any atom is 0.338 e. The van der Waals surface area contributed by atoms with Crippen molar-refractivity contribution in [3.63, 3.8) is 0 Å². The van der Waals surface area contributed by atoms with Gasteiger partial charge in [0.05, 0.1) is 6.10 Å². The first-order valence-corrected chi connectivity index (χ1v) is 4.54. The summed E-state index contributed by atoms with van der Waals surface area (Å²) in [5.41, 5.74) is 0. The number of carboxylic acid groups (broad SMARTS) is 1. The third kappa shape index (κ3) is 2.66.